The van der Waals surface area contributed by atoms with Gasteiger partial charge in [0.05, 0.1) is 21.1 Å². The number of carbonyl (C=O) groups is 1. The summed E-state index contributed by atoms with van der Waals surface area (Å²) < 4.78 is 5.77. The molecule has 12 heavy (non-hydrogen) atoms. The second kappa shape index (κ2) is 5.51. The maximum absolute atomic E-state index is 10.9. The number of hydrogen-bond donors (Lipinski definition) is 0. The van der Waals surface area contributed by atoms with Crippen molar-refractivity contribution >= 4 is 5.78 Å². The van der Waals surface area contributed by atoms with Gasteiger partial charge >= 0.3 is 0 Å². The van der Waals surface area contributed by atoms with Crippen molar-refractivity contribution in [2.24, 2.45) is 0 Å². The minimum atomic E-state index is -0.255. The van der Waals surface area contributed by atoms with Crippen molar-refractivity contribution in [3.8, 4) is 0 Å². The van der Waals surface area contributed by atoms with Gasteiger partial charge in [0.2, 0.25) is 0 Å². The minimum absolute atomic E-state index is 0. The molecule has 74 valence electrons. The molecular formula is C8H18ClNO2. The van der Waals surface area contributed by atoms with E-state index < -0.39 is 0 Å². The summed E-state index contributed by atoms with van der Waals surface area (Å²) >= 11 is 0. The van der Waals surface area contributed by atoms with Crippen LogP contribution in [0, 0.1) is 0 Å². The molecule has 0 fully saturated rings. The molecule has 3 nitrogen and oxygen atoms in total. The van der Waals surface area contributed by atoms with E-state index >= 15 is 0 Å². The van der Waals surface area contributed by atoms with Gasteiger partial charge in [-0.15, -0.1) is 0 Å². The van der Waals surface area contributed by atoms with Crippen LogP contribution >= 0.6 is 0 Å². The molecule has 0 aromatic heterocycles. The Morgan fingerprint density at radius 1 is 1.42 bits per heavy atom. The lowest BCUT2D eigenvalue weighted by molar-refractivity contribution is -0.872. The van der Waals surface area contributed by atoms with Crippen LogP contribution in [0.5, 0.6) is 0 Å². The number of halogens is 1. The molecule has 0 rings (SSSR count). The highest BCUT2D eigenvalue weighted by Gasteiger charge is 2.20. The van der Waals surface area contributed by atoms with Gasteiger partial charge in [0.25, 0.3) is 0 Å². The predicted octanol–water partition coefficient (Wildman–Crippen LogP) is -2.70. The molecular weight excluding hydrogens is 178 g/mol. The molecule has 0 spiro atoms. The summed E-state index contributed by atoms with van der Waals surface area (Å²) in [5.74, 6) is 0.0977. The maximum atomic E-state index is 10.9. The topological polar surface area (TPSA) is 26.3 Å². The number of nitrogens with zero attached hydrogens (tertiary/aromatic N) is 1. The highest BCUT2D eigenvalue weighted by atomic mass is 35.5. The molecule has 0 N–H and O–H groups in total. The minimum Gasteiger partial charge on any atom is -1.00 e. The van der Waals surface area contributed by atoms with E-state index in [1.807, 2.05) is 21.1 Å². The fourth-order valence-electron chi connectivity index (χ4n) is 0.867. The third kappa shape index (κ3) is 6.58. The van der Waals surface area contributed by atoms with Crippen LogP contribution in [0.25, 0.3) is 0 Å². The largest absolute Gasteiger partial charge is 1.00 e. The van der Waals surface area contributed by atoms with E-state index in [0.717, 1.165) is 11.0 Å². The smallest absolute Gasteiger partial charge is 0.164 e. The summed E-state index contributed by atoms with van der Waals surface area (Å²) in [6.07, 6.45) is -0.255. The van der Waals surface area contributed by atoms with E-state index in [1.54, 1.807) is 14.0 Å². The zero-order chi connectivity index (χ0) is 9.07. The van der Waals surface area contributed by atoms with Crippen LogP contribution in [0.15, 0.2) is 0 Å². The Labute approximate surface area is 80.7 Å². The third-order valence-corrected chi connectivity index (χ3v) is 1.45. The van der Waals surface area contributed by atoms with Gasteiger partial charge in [-0.05, 0) is 6.92 Å². The fraction of sp³-hybridized carbons (Fsp3) is 0.875. The van der Waals surface area contributed by atoms with Crippen LogP contribution in [0.2, 0.25) is 0 Å². The van der Waals surface area contributed by atoms with Gasteiger partial charge in [-0.3, -0.25) is 4.79 Å². The summed E-state index contributed by atoms with van der Waals surface area (Å²) in [7, 11) is 7.68. The number of rotatable bonds is 4. The molecule has 4 heteroatoms. The number of ether oxygens (including phenoxy) is 1. The first-order valence-electron chi connectivity index (χ1n) is 3.70. The zero-order valence-electron chi connectivity index (χ0n) is 8.43. The van der Waals surface area contributed by atoms with Crippen LogP contribution in [0.3, 0.4) is 0 Å². The number of ketones is 1. The standard InChI is InChI=1S/C8H18NO2.ClH/c1-7(10)8(11-5)6-9(2,3)4;/h8H,6H2,1-5H3;1H/q+1;/p-1/t8-;/m1./s1. The Morgan fingerprint density at radius 2 is 1.83 bits per heavy atom. The average molecular weight is 196 g/mol. The van der Waals surface area contributed by atoms with Gasteiger partial charge in [-0.2, -0.15) is 0 Å². The van der Waals surface area contributed by atoms with Gasteiger partial charge in [-0.25, -0.2) is 0 Å². The second-order valence-corrected chi connectivity index (χ2v) is 3.81. The molecule has 0 saturated carbocycles. The molecule has 0 aliphatic carbocycles. The molecule has 0 unspecified atom stereocenters. The number of hydrogen-bond acceptors (Lipinski definition) is 2. The molecule has 0 aliphatic heterocycles. The van der Waals surface area contributed by atoms with Crippen LogP contribution in [0.1, 0.15) is 6.92 Å². The van der Waals surface area contributed by atoms with Crippen LogP contribution in [0.4, 0.5) is 0 Å². The lowest BCUT2D eigenvalue weighted by Gasteiger charge is -2.27. The van der Waals surface area contributed by atoms with E-state index in [4.69, 9.17) is 4.74 Å². The van der Waals surface area contributed by atoms with Gasteiger partial charge in [-0.1, -0.05) is 0 Å². The van der Waals surface area contributed by atoms with E-state index in [9.17, 15) is 4.79 Å². The lowest BCUT2D eigenvalue weighted by Crippen LogP contribution is -3.00. The van der Waals surface area contributed by atoms with Gasteiger partial charge in [0, 0.05) is 7.11 Å². The summed E-state index contributed by atoms with van der Waals surface area (Å²) in [5, 5.41) is 0. The third-order valence-electron chi connectivity index (χ3n) is 1.45. The second-order valence-electron chi connectivity index (χ2n) is 3.81. The summed E-state index contributed by atoms with van der Waals surface area (Å²) in [5.41, 5.74) is 0. The first-order valence-corrected chi connectivity index (χ1v) is 3.70. The van der Waals surface area contributed by atoms with Gasteiger partial charge < -0.3 is 21.6 Å². The highest BCUT2D eigenvalue weighted by Crippen LogP contribution is 1.99. The Bertz CT molecular complexity index is 142. The molecule has 0 aliphatic rings. The monoisotopic (exact) mass is 195 g/mol. The number of carbonyl (C=O) groups excluding carboxylic acids is 1. The molecule has 0 aromatic carbocycles. The SMILES string of the molecule is CO[C@H](C[N+](C)(C)C)C(C)=O.[Cl-]. The Kier molecular flexibility index (Phi) is 6.62. The average Bonchev–Trinajstić information content (AvgIpc) is 1.80. The number of methoxy groups -OCH3 is 1. The zero-order valence-corrected chi connectivity index (χ0v) is 9.18. The summed E-state index contributed by atoms with van der Waals surface area (Å²) in [4.78, 5) is 10.9. The van der Waals surface area contributed by atoms with Crippen LogP contribution in [-0.4, -0.2) is 51.2 Å². The number of quaternary nitrogens is 1. The Morgan fingerprint density at radius 3 is 1.92 bits per heavy atom. The van der Waals surface area contributed by atoms with Crippen LogP contribution in [-0.2, 0) is 9.53 Å². The molecule has 1 atom stereocenters. The predicted molar refractivity (Wildman–Crippen MR) is 44.4 cm³/mol. The molecule has 0 aromatic rings. The number of Topliss-reactive ketones (excluding diaryl/α,β-unsaturated/α-hetero) is 1. The van der Waals surface area contributed by atoms with Crippen molar-refractivity contribution in [3.05, 3.63) is 0 Å². The lowest BCUT2D eigenvalue weighted by atomic mass is 10.2. The van der Waals surface area contributed by atoms with Crippen molar-refractivity contribution in [2.75, 3.05) is 34.8 Å². The Balaban J connectivity index is 0. The first kappa shape index (κ1) is 14.4. The first-order chi connectivity index (χ1) is 4.87. The summed E-state index contributed by atoms with van der Waals surface area (Å²) in [6, 6.07) is 0. The quantitative estimate of drug-likeness (QED) is 0.457. The van der Waals surface area contributed by atoms with Gasteiger partial charge in [0.1, 0.15) is 6.54 Å². The number of likely N-dealkylation sites (N-methyl/N-ethyl adjacent to an activating group) is 1. The Hall–Kier alpha value is -0.120. The van der Waals surface area contributed by atoms with Crippen molar-refractivity contribution in [1.82, 2.24) is 0 Å². The molecule has 0 saturated heterocycles. The molecule has 0 heterocycles. The van der Waals surface area contributed by atoms with E-state index in [1.165, 1.54) is 0 Å². The van der Waals surface area contributed by atoms with Gasteiger partial charge in [0.15, 0.2) is 11.9 Å². The van der Waals surface area contributed by atoms with Crippen molar-refractivity contribution in [2.45, 2.75) is 13.0 Å². The molecule has 0 amide bonds. The van der Waals surface area contributed by atoms with E-state index in [2.05, 4.69) is 0 Å². The fourth-order valence-corrected chi connectivity index (χ4v) is 0.867. The van der Waals surface area contributed by atoms with E-state index in [-0.39, 0.29) is 24.3 Å². The van der Waals surface area contributed by atoms with Crippen molar-refractivity contribution < 1.29 is 26.4 Å². The van der Waals surface area contributed by atoms with E-state index in [0.29, 0.717) is 0 Å². The normalized spacial score (nSPS) is 13.4. The summed E-state index contributed by atoms with van der Waals surface area (Å²) in [6.45, 7) is 2.29. The molecule has 0 bridgehead atoms. The van der Waals surface area contributed by atoms with Crippen molar-refractivity contribution in [3.63, 3.8) is 0 Å². The molecule has 0 radical (unpaired) electrons. The van der Waals surface area contributed by atoms with Crippen LogP contribution < -0.4 is 12.4 Å². The van der Waals surface area contributed by atoms with Crippen molar-refractivity contribution in [1.29, 1.82) is 0 Å². The maximum Gasteiger partial charge on any atom is 0.164 e. The highest BCUT2D eigenvalue weighted by molar-refractivity contribution is 5.80.